The Morgan fingerprint density at radius 3 is 2.71 bits per heavy atom. The first-order valence-corrected chi connectivity index (χ1v) is 9.88. The van der Waals surface area contributed by atoms with Crippen molar-refractivity contribution in [2.24, 2.45) is 0 Å². The lowest BCUT2D eigenvalue weighted by Crippen LogP contribution is -2.43. The third-order valence-corrected chi connectivity index (χ3v) is 5.47. The molecule has 0 radical (unpaired) electrons. The maximum atomic E-state index is 13.0. The molecule has 2 atom stereocenters. The van der Waals surface area contributed by atoms with Crippen LogP contribution >= 0.6 is 0 Å². The SMILES string of the molecule is COc1cccc([C@@]2(C)NC(=O)N(CC(=O)N[C@H](C)c3cc4ccccc4o3)C2=O)c1. The van der Waals surface area contributed by atoms with E-state index in [9.17, 15) is 14.4 Å². The summed E-state index contributed by atoms with van der Waals surface area (Å²) in [6.07, 6.45) is 0. The Morgan fingerprint density at radius 1 is 1.19 bits per heavy atom. The number of nitrogens with one attached hydrogen (secondary N) is 2. The monoisotopic (exact) mass is 421 g/mol. The van der Waals surface area contributed by atoms with E-state index in [1.807, 2.05) is 30.3 Å². The van der Waals surface area contributed by atoms with Crippen molar-refractivity contribution in [1.29, 1.82) is 0 Å². The van der Waals surface area contributed by atoms with E-state index in [0.29, 0.717) is 17.1 Å². The van der Waals surface area contributed by atoms with Crippen molar-refractivity contribution in [1.82, 2.24) is 15.5 Å². The normalized spacial score (nSPS) is 19.4. The number of rotatable bonds is 6. The number of benzene rings is 2. The topological polar surface area (TPSA) is 101 Å². The zero-order chi connectivity index (χ0) is 22.2. The van der Waals surface area contributed by atoms with E-state index in [0.717, 1.165) is 15.9 Å². The van der Waals surface area contributed by atoms with Gasteiger partial charge in [-0.2, -0.15) is 0 Å². The lowest BCUT2D eigenvalue weighted by atomic mass is 9.92. The highest BCUT2D eigenvalue weighted by Crippen LogP contribution is 2.31. The van der Waals surface area contributed by atoms with E-state index in [2.05, 4.69) is 10.6 Å². The maximum absolute atomic E-state index is 13.0. The zero-order valence-electron chi connectivity index (χ0n) is 17.5. The van der Waals surface area contributed by atoms with Crippen LogP contribution in [-0.4, -0.2) is 36.4 Å². The van der Waals surface area contributed by atoms with Gasteiger partial charge in [0.15, 0.2) is 0 Å². The number of ether oxygens (including phenoxy) is 1. The number of imide groups is 1. The van der Waals surface area contributed by atoms with Crippen LogP contribution in [0.4, 0.5) is 4.79 Å². The molecule has 8 heteroatoms. The molecule has 0 unspecified atom stereocenters. The molecule has 1 aromatic heterocycles. The van der Waals surface area contributed by atoms with Crippen LogP contribution < -0.4 is 15.4 Å². The highest BCUT2D eigenvalue weighted by molar-refractivity contribution is 6.09. The van der Waals surface area contributed by atoms with Gasteiger partial charge in [-0.15, -0.1) is 0 Å². The molecule has 160 valence electrons. The molecule has 2 heterocycles. The maximum Gasteiger partial charge on any atom is 0.325 e. The second kappa shape index (κ2) is 7.79. The van der Waals surface area contributed by atoms with Gasteiger partial charge in [-0.3, -0.25) is 14.5 Å². The molecule has 1 fully saturated rings. The van der Waals surface area contributed by atoms with Crippen molar-refractivity contribution < 1.29 is 23.5 Å². The lowest BCUT2D eigenvalue weighted by molar-refractivity contribution is -0.135. The predicted octanol–water partition coefficient (Wildman–Crippen LogP) is 3.09. The molecule has 1 saturated heterocycles. The molecule has 31 heavy (non-hydrogen) atoms. The quantitative estimate of drug-likeness (QED) is 0.596. The van der Waals surface area contributed by atoms with Gasteiger partial charge >= 0.3 is 6.03 Å². The molecule has 0 spiro atoms. The molecule has 0 saturated carbocycles. The Bertz CT molecular complexity index is 1140. The van der Waals surface area contributed by atoms with Crippen LogP contribution in [0.3, 0.4) is 0 Å². The Morgan fingerprint density at radius 2 is 1.97 bits per heavy atom. The van der Waals surface area contributed by atoms with Gasteiger partial charge in [-0.05, 0) is 43.7 Å². The number of furan rings is 1. The fourth-order valence-corrected chi connectivity index (χ4v) is 3.69. The molecule has 8 nitrogen and oxygen atoms in total. The van der Waals surface area contributed by atoms with E-state index in [4.69, 9.17) is 9.15 Å². The number of amides is 4. The molecule has 4 amide bonds. The van der Waals surface area contributed by atoms with Crippen LogP contribution in [0, 0.1) is 0 Å². The number of hydrogen-bond acceptors (Lipinski definition) is 5. The van der Waals surface area contributed by atoms with Gasteiger partial charge in [0.25, 0.3) is 5.91 Å². The van der Waals surface area contributed by atoms with Crippen LogP contribution in [-0.2, 0) is 15.1 Å². The van der Waals surface area contributed by atoms with E-state index in [1.54, 1.807) is 38.1 Å². The molecule has 4 rings (SSSR count). The Kier molecular flexibility index (Phi) is 5.14. The largest absolute Gasteiger partial charge is 0.497 e. The summed E-state index contributed by atoms with van der Waals surface area (Å²) in [5.41, 5.74) is 0.0153. The van der Waals surface area contributed by atoms with Crippen molar-refractivity contribution in [2.75, 3.05) is 13.7 Å². The number of hydrogen-bond donors (Lipinski definition) is 2. The van der Waals surface area contributed by atoms with Gasteiger partial charge in [0.05, 0.1) is 13.2 Å². The number of nitrogens with zero attached hydrogens (tertiary/aromatic N) is 1. The second-order valence-corrected chi connectivity index (χ2v) is 7.65. The third kappa shape index (κ3) is 3.72. The lowest BCUT2D eigenvalue weighted by Gasteiger charge is -2.22. The molecular weight excluding hydrogens is 398 g/mol. The van der Waals surface area contributed by atoms with Gasteiger partial charge in [-0.25, -0.2) is 4.79 Å². The molecule has 2 aromatic carbocycles. The van der Waals surface area contributed by atoms with Crippen LogP contribution in [0.15, 0.2) is 59.0 Å². The minimum atomic E-state index is -1.28. The number of methoxy groups -OCH3 is 1. The standard InChI is InChI=1S/C23H23N3O5/c1-14(19-11-15-7-4-5-10-18(15)31-19)24-20(27)13-26-21(28)23(2,25-22(26)29)16-8-6-9-17(12-16)30-3/h4-12,14H,13H2,1-3H3,(H,24,27)(H,25,29)/t14-,23-/m1/s1. The molecule has 1 aliphatic rings. The summed E-state index contributed by atoms with van der Waals surface area (Å²) in [5, 5.41) is 6.41. The van der Waals surface area contributed by atoms with Crippen molar-refractivity contribution >= 4 is 28.8 Å². The fourth-order valence-electron chi connectivity index (χ4n) is 3.69. The number of urea groups is 1. The number of fused-ring (bicyclic) bond motifs is 1. The minimum absolute atomic E-state index is 0.394. The average Bonchev–Trinajstić information content (AvgIpc) is 3.29. The van der Waals surface area contributed by atoms with Crippen LogP contribution in [0.5, 0.6) is 5.75 Å². The second-order valence-electron chi connectivity index (χ2n) is 7.65. The van der Waals surface area contributed by atoms with Crippen molar-refractivity contribution in [2.45, 2.75) is 25.4 Å². The summed E-state index contributed by atoms with van der Waals surface area (Å²) in [4.78, 5) is 39.1. The first kappa shape index (κ1) is 20.5. The number of para-hydroxylation sites is 1. The van der Waals surface area contributed by atoms with E-state index in [1.165, 1.54) is 7.11 Å². The molecular formula is C23H23N3O5. The molecule has 3 aromatic rings. The van der Waals surface area contributed by atoms with Gasteiger partial charge < -0.3 is 19.8 Å². The predicted molar refractivity (Wildman–Crippen MR) is 113 cm³/mol. The summed E-state index contributed by atoms with van der Waals surface area (Å²) in [6, 6.07) is 15.3. The van der Waals surface area contributed by atoms with Crippen LogP contribution in [0.2, 0.25) is 0 Å². The average molecular weight is 421 g/mol. The molecule has 0 aliphatic carbocycles. The van der Waals surface area contributed by atoms with Gasteiger partial charge in [0.1, 0.15) is 29.2 Å². The van der Waals surface area contributed by atoms with Crippen molar-refractivity contribution in [3.63, 3.8) is 0 Å². The highest BCUT2D eigenvalue weighted by Gasteiger charge is 2.49. The summed E-state index contributed by atoms with van der Waals surface area (Å²) >= 11 is 0. The highest BCUT2D eigenvalue weighted by atomic mass is 16.5. The van der Waals surface area contributed by atoms with Gasteiger partial charge in [-0.1, -0.05) is 30.3 Å². The van der Waals surface area contributed by atoms with E-state index < -0.39 is 36.0 Å². The summed E-state index contributed by atoms with van der Waals surface area (Å²) < 4.78 is 11.0. The molecule has 2 N–H and O–H groups in total. The first-order chi connectivity index (χ1) is 14.8. The molecule has 1 aliphatic heterocycles. The van der Waals surface area contributed by atoms with Crippen LogP contribution in [0.25, 0.3) is 11.0 Å². The van der Waals surface area contributed by atoms with Crippen molar-refractivity contribution in [3.05, 3.63) is 65.9 Å². The Labute approximate surface area is 179 Å². The molecule has 0 bridgehead atoms. The Hall–Kier alpha value is -3.81. The summed E-state index contributed by atoms with van der Waals surface area (Å²) in [5.74, 6) is 0.188. The number of carbonyl (C=O) groups excluding carboxylic acids is 3. The number of carbonyl (C=O) groups is 3. The Balaban J connectivity index is 1.46. The van der Waals surface area contributed by atoms with Gasteiger partial charge in [0, 0.05) is 5.39 Å². The van der Waals surface area contributed by atoms with E-state index >= 15 is 0 Å². The summed E-state index contributed by atoms with van der Waals surface area (Å²) in [6.45, 7) is 2.99. The zero-order valence-corrected chi connectivity index (χ0v) is 17.5. The summed E-state index contributed by atoms with van der Waals surface area (Å²) in [7, 11) is 1.52. The fraction of sp³-hybridized carbons (Fsp3) is 0.261. The third-order valence-electron chi connectivity index (χ3n) is 5.47. The van der Waals surface area contributed by atoms with Crippen LogP contribution in [0.1, 0.15) is 31.2 Å². The van der Waals surface area contributed by atoms with E-state index in [-0.39, 0.29) is 0 Å². The first-order valence-electron chi connectivity index (χ1n) is 9.88. The van der Waals surface area contributed by atoms with Crippen molar-refractivity contribution in [3.8, 4) is 5.75 Å². The van der Waals surface area contributed by atoms with Gasteiger partial charge in [0.2, 0.25) is 5.91 Å². The minimum Gasteiger partial charge on any atom is -0.497 e. The smallest absolute Gasteiger partial charge is 0.325 e.